The highest BCUT2D eigenvalue weighted by molar-refractivity contribution is 7.92. The topological polar surface area (TPSA) is 84.3 Å². The van der Waals surface area contributed by atoms with E-state index in [1.807, 2.05) is 48.9 Å². The zero-order chi connectivity index (χ0) is 24.3. The lowest BCUT2D eigenvalue weighted by molar-refractivity contribution is 0.0785. The van der Waals surface area contributed by atoms with Crippen LogP contribution in [0.4, 0.5) is 5.69 Å². The van der Waals surface area contributed by atoms with Crippen molar-refractivity contribution in [2.45, 2.75) is 25.3 Å². The molecular weight excluding hydrogens is 448 g/mol. The van der Waals surface area contributed by atoms with Gasteiger partial charge in [0.05, 0.1) is 16.3 Å². The zero-order valence-electron chi connectivity index (χ0n) is 19.3. The number of sulfonamides is 1. The summed E-state index contributed by atoms with van der Waals surface area (Å²) in [6.07, 6.45) is 0. The molecule has 0 atom stereocenters. The van der Waals surface area contributed by atoms with Crippen molar-refractivity contribution < 1.29 is 13.2 Å². The molecular formula is C26H26N4O3S. The second kappa shape index (κ2) is 9.52. The molecule has 0 spiro atoms. The minimum absolute atomic E-state index is 0.163. The fourth-order valence-electron chi connectivity index (χ4n) is 3.75. The molecule has 1 heterocycles. The molecule has 8 heteroatoms. The van der Waals surface area contributed by atoms with Crippen molar-refractivity contribution in [3.05, 3.63) is 107 Å². The quantitative estimate of drug-likeness (QED) is 0.426. The maximum absolute atomic E-state index is 13.0. The van der Waals surface area contributed by atoms with E-state index < -0.39 is 10.0 Å². The molecule has 4 aromatic rings. The summed E-state index contributed by atoms with van der Waals surface area (Å²) >= 11 is 0. The molecule has 1 N–H and O–H groups in total. The second-order valence-corrected chi connectivity index (χ2v) is 9.74. The number of aryl methyl sites for hydroxylation is 1. The van der Waals surface area contributed by atoms with Crippen molar-refractivity contribution in [1.29, 1.82) is 0 Å². The SMILES string of the molecule is Cc1nn(-c2ccccc2)c(C)c1CN(C)C(=O)c1ccc(NS(=O)(=O)c2ccccc2)cc1. The van der Waals surface area contributed by atoms with E-state index >= 15 is 0 Å². The largest absolute Gasteiger partial charge is 0.337 e. The van der Waals surface area contributed by atoms with Gasteiger partial charge in [-0.25, -0.2) is 13.1 Å². The number of hydrogen-bond acceptors (Lipinski definition) is 4. The first-order valence-electron chi connectivity index (χ1n) is 10.8. The van der Waals surface area contributed by atoms with Gasteiger partial charge in [0.2, 0.25) is 0 Å². The molecule has 0 saturated heterocycles. The van der Waals surface area contributed by atoms with Gasteiger partial charge in [0.1, 0.15) is 0 Å². The lowest BCUT2D eigenvalue weighted by Gasteiger charge is -2.18. The number of aromatic nitrogens is 2. The maximum Gasteiger partial charge on any atom is 0.261 e. The molecule has 0 saturated carbocycles. The van der Waals surface area contributed by atoms with Gasteiger partial charge in [0.25, 0.3) is 15.9 Å². The van der Waals surface area contributed by atoms with E-state index in [-0.39, 0.29) is 10.8 Å². The second-order valence-electron chi connectivity index (χ2n) is 8.05. The lowest BCUT2D eigenvalue weighted by Crippen LogP contribution is -2.26. The van der Waals surface area contributed by atoms with Crippen molar-refractivity contribution in [2.75, 3.05) is 11.8 Å². The Morgan fingerprint density at radius 1 is 0.912 bits per heavy atom. The van der Waals surface area contributed by atoms with Gasteiger partial charge in [0, 0.05) is 36.1 Å². The number of hydrogen-bond donors (Lipinski definition) is 1. The van der Waals surface area contributed by atoms with Gasteiger partial charge < -0.3 is 4.90 Å². The fourth-order valence-corrected chi connectivity index (χ4v) is 4.83. The molecule has 3 aromatic carbocycles. The highest BCUT2D eigenvalue weighted by atomic mass is 32.2. The molecule has 1 aromatic heterocycles. The number of nitrogens with zero attached hydrogens (tertiary/aromatic N) is 3. The molecule has 0 aliphatic rings. The van der Waals surface area contributed by atoms with Crippen LogP contribution in [-0.2, 0) is 16.6 Å². The van der Waals surface area contributed by atoms with Gasteiger partial charge in [-0.3, -0.25) is 9.52 Å². The predicted octanol–water partition coefficient (Wildman–Crippen LogP) is 4.56. The van der Waals surface area contributed by atoms with Crippen LogP contribution in [0.3, 0.4) is 0 Å². The van der Waals surface area contributed by atoms with Crippen molar-refractivity contribution in [3.8, 4) is 5.69 Å². The maximum atomic E-state index is 13.0. The number of carbonyl (C=O) groups is 1. The molecule has 1 amide bonds. The van der Waals surface area contributed by atoms with E-state index in [2.05, 4.69) is 9.82 Å². The smallest absolute Gasteiger partial charge is 0.261 e. The third kappa shape index (κ3) is 4.87. The Bertz CT molecular complexity index is 1400. The van der Waals surface area contributed by atoms with Crippen molar-refractivity contribution in [1.82, 2.24) is 14.7 Å². The lowest BCUT2D eigenvalue weighted by atomic mass is 10.1. The van der Waals surface area contributed by atoms with Crippen molar-refractivity contribution >= 4 is 21.6 Å². The van der Waals surface area contributed by atoms with Crippen LogP contribution in [0.1, 0.15) is 27.3 Å². The highest BCUT2D eigenvalue weighted by Crippen LogP contribution is 2.21. The summed E-state index contributed by atoms with van der Waals surface area (Å²) in [5.74, 6) is -0.163. The molecule has 34 heavy (non-hydrogen) atoms. The Morgan fingerprint density at radius 2 is 1.50 bits per heavy atom. The van der Waals surface area contributed by atoms with Gasteiger partial charge in [-0.05, 0) is 62.4 Å². The zero-order valence-corrected chi connectivity index (χ0v) is 20.1. The van der Waals surface area contributed by atoms with Crippen LogP contribution in [0.5, 0.6) is 0 Å². The third-order valence-electron chi connectivity index (χ3n) is 5.62. The summed E-state index contributed by atoms with van der Waals surface area (Å²) in [6, 6.07) is 24.4. The Hall–Kier alpha value is -3.91. The fraction of sp³-hybridized carbons (Fsp3) is 0.154. The summed E-state index contributed by atoms with van der Waals surface area (Å²) in [6.45, 7) is 4.34. The predicted molar refractivity (Wildman–Crippen MR) is 133 cm³/mol. The van der Waals surface area contributed by atoms with Gasteiger partial charge in [-0.2, -0.15) is 5.10 Å². The average Bonchev–Trinajstić information content (AvgIpc) is 3.13. The standard InChI is InChI=1S/C26H26N4O3S/c1-19-25(20(2)30(27-19)23-10-6-4-7-11-23)18-29(3)26(31)21-14-16-22(17-15-21)28-34(32,33)24-12-8-5-9-13-24/h4-17,28H,18H2,1-3H3. The summed E-state index contributed by atoms with van der Waals surface area (Å²) in [5, 5.41) is 4.65. The summed E-state index contributed by atoms with van der Waals surface area (Å²) in [4.78, 5) is 14.8. The first-order valence-corrected chi connectivity index (χ1v) is 12.3. The van der Waals surface area contributed by atoms with Crippen LogP contribution in [0.2, 0.25) is 0 Å². The summed E-state index contributed by atoms with van der Waals surface area (Å²) in [7, 11) is -1.95. The monoisotopic (exact) mass is 474 g/mol. The average molecular weight is 475 g/mol. The summed E-state index contributed by atoms with van der Waals surface area (Å²) in [5.41, 5.74) is 4.67. The van der Waals surface area contributed by atoms with E-state index in [1.54, 1.807) is 54.4 Å². The molecule has 0 aliphatic carbocycles. The molecule has 0 bridgehead atoms. The number of rotatable bonds is 7. The van der Waals surface area contributed by atoms with Gasteiger partial charge in [0.15, 0.2) is 0 Å². The number of para-hydroxylation sites is 1. The minimum atomic E-state index is -3.69. The first-order chi connectivity index (χ1) is 16.3. The van der Waals surface area contributed by atoms with Gasteiger partial charge in [-0.1, -0.05) is 36.4 Å². The highest BCUT2D eigenvalue weighted by Gasteiger charge is 2.19. The molecule has 0 unspecified atom stereocenters. The Morgan fingerprint density at radius 3 is 2.12 bits per heavy atom. The first kappa shape index (κ1) is 23.3. The van der Waals surface area contributed by atoms with E-state index in [4.69, 9.17) is 0 Å². The third-order valence-corrected chi connectivity index (χ3v) is 7.02. The number of nitrogens with one attached hydrogen (secondary N) is 1. The Labute approximate surface area is 199 Å². The number of benzene rings is 3. The molecule has 0 aliphatic heterocycles. The van der Waals surface area contributed by atoms with Crippen molar-refractivity contribution in [3.63, 3.8) is 0 Å². The van der Waals surface area contributed by atoms with Crippen LogP contribution in [0.25, 0.3) is 5.69 Å². The van der Waals surface area contributed by atoms with Crippen LogP contribution in [0.15, 0.2) is 89.8 Å². The van der Waals surface area contributed by atoms with Crippen LogP contribution in [0, 0.1) is 13.8 Å². The van der Waals surface area contributed by atoms with Gasteiger partial charge >= 0.3 is 0 Å². The van der Waals surface area contributed by atoms with E-state index in [9.17, 15) is 13.2 Å². The van der Waals surface area contributed by atoms with E-state index in [1.165, 1.54) is 12.1 Å². The molecule has 0 fully saturated rings. The van der Waals surface area contributed by atoms with Crippen LogP contribution < -0.4 is 4.72 Å². The van der Waals surface area contributed by atoms with E-state index in [0.717, 1.165) is 22.6 Å². The Kier molecular flexibility index (Phi) is 6.51. The van der Waals surface area contributed by atoms with Crippen LogP contribution in [-0.4, -0.2) is 36.1 Å². The molecule has 4 rings (SSSR count). The molecule has 0 radical (unpaired) electrons. The molecule has 7 nitrogen and oxygen atoms in total. The number of anilines is 1. The number of amides is 1. The van der Waals surface area contributed by atoms with Crippen LogP contribution >= 0.6 is 0 Å². The van der Waals surface area contributed by atoms with Gasteiger partial charge in [-0.15, -0.1) is 0 Å². The Balaban J connectivity index is 1.47. The molecule has 174 valence electrons. The van der Waals surface area contributed by atoms with Crippen molar-refractivity contribution in [2.24, 2.45) is 0 Å². The summed E-state index contributed by atoms with van der Waals surface area (Å²) < 4.78 is 29.4. The number of carbonyl (C=O) groups excluding carboxylic acids is 1. The van der Waals surface area contributed by atoms with E-state index in [0.29, 0.717) is 17.8 Å². The minimum Gasteiger partial charge on any atom is -0.337 e. The normalized spacial score (nSPS) is 11.3.